The van der Waals surface area contributed by atoms with Crippen molar-refractivity contribution >= 4 is 0 Å². The maximum absolute atomic E-state index is 10.5. The molecule has 0 aromatic rings. The lowest BCUT2D eigenvalue weighted by molar-refractivity contribution is -0.198. The Kier molecular flexibility index (Phi) is 4.59. The fourth-order valence-corrected chi connectivity index (χ4v) is 2.46. The molecule has 0 unspecified atom stereocenters. The molecule has 3 nitrogen and oxygen atoms in total. The van der Waals surface area contributed by atoms with E-state index in [-0.39, 0.29) is 12.2 Å². The number of methoxy groups -OCH3 is 2. The van der Waals surface area contributed by atoms with Gasteiger partial charge in [-0.1, -0.05) is 12.8 Å². The number of hydrogen-bond acceptors (Lipinski definition) is 3. The Balaban J connectivity index is 2.77. The van der Waals surface area contributed by atoms with Gasteiger partial charge in [-0.05, 0) is 12.8 Å². The van der Waals surface area contributed by atoms with Crippen molar-refractivity contribution in [1.29, 1.82) is 0 Å². The second kappa shape index (κ2) is 5.50. The van der Waals surface area contributed by atoms with E-state index in [1.807, 2.05) is 0 Å². The number of hydrogen-bond donors (Lipinski definition) is 1. The highest BCUT2D eigenvalue weighted by atomic mass is 16.7. The summed E-state index contributed by atoms with van der Waals surface area (Å²) in [6, 6.07) is 0. The zero-order valence-corrected chi connectivity index (χ0v) is 9.53. The first-order valence-corrected chi connectivity index (χ1v) is 5.39. The molecule has 0 aromatic heterocycles. The first-order chi connectivity index (χ1) is 7.18. The molecule has 1 saturated carbocycles. The Labute approximate surface area is 91.8 Å². The largest absolute Gasteiger partial charge is 0.388 e. The van der Waals surface area contributed by atoms with E-state index in [0.29, 0.717) is 6.42 Å². The van der Waals surface area contributed by atoms with Gasteiger partial charge in [-0.3, -0.25) is 0 Å². The van der Waals surface area contributed by atoms with E-state index in [4.69, 9.17) is 15.9 Å². The van der Waals surface area contributed by atoms with Gasteiger partial charge >= 0.3 is 0 Å². The van der Waals surface area contributed by atoms with E-state index in [1.54, 1.807) is 14.2 Å². The molecular formula is C12H20O3. The molecule has 15 heavy (non-hydrogen) atoms. The molecule has 0 radical (unpaired) electrons. The number of ether oxygens (including phenoxy) is 2. The lowest BCUT2D eigenvalue weighted by Crippen LogP contribution is -2.47. The summed E-state index contributed by atoms with van der Waals surface area (Å²) in [5.74, 6) is 2.53. The average molecular weight is 212 g/mol. The standard InChI is InChI=1S/C12H20O3/c1-4-8-12(13)9-6-5-7-10(12)11(14-2)15-3/h1,10-11,13H,5-9H2,2-3H3/t10-,12-/m1/s1. The Morgan fingerprint density at radius 1 is 1.47 bits per heavy atom. The quantitative estimate of drug-likeness (QED) is 0.567. The van der Waals surface area contributed by atoms with Crippen LogP contribution >= 0.6 is 0 Å². The molecule has 2 atom stereocenters. The zero-order valence-electron chi connectivity index (χ0n) is 9.53. The molecule has 1 aliphatic carbocycles. The Morgan fingerprint density at radius 2 is 2.13 bits per heavy atom. The summed E-state index contributed by atoms with van der Waals surface area (Å²) in [6.07, 6.45) is 9.09. The average Bonchev–Trinajstić information content (AvgIpc) is 2.23. The summed E-state index contributed by atoms with van der Waals surface area (Å²) in [5, 5.41) is 10.5. The van der Waals surface area contributed by atoms with Crippen LogP contribution in [0.4, 0.5) is 0 Å². The second-order valence-electron chi connectivity index (χ2n) is 4.18. The monoisotopic (exact) mass is 212 g/mol. The minimum atomic E-state index is -0.816. The summed E-state index contributed by atoms with van der Waals surface area (Å²) >= 11 is 0. The van der Waals surface area contributed by atoms with Gasteiger partial charge in [0.05, 0.1) is 5.60 Å². The Bertz CT molecular complexity index is 230. The fourth-order valence-electron chi connectivity index (χ4n) is 2.46. The van der Waals surface area contributed by atoms with Gasteiger partial charge in [0, 0.05) is 26.6 Å². The minimum absolute atomic E-state index is 0.0164. The maximum atomic E-state index is 10.5. The molecule has 1 rings (SSSR count). The van der Waals surface area contributed by atoms with Crippen molar-refractivity contribution in [3.05, 3.63) is 0 Å². The number of aliphatic hydroxyl groups is 1. The molecule has 0 aliphatic heterocycles. The molecular weight excluding hydrogens is 192 g/mol. The van der Waals surface area contributed by atoms with Gasteiger partial charge in [0.25, 0.3) is 0 Å². The van der Waals surface area contributed by atoms with Crippen LogP contribution in [0.5, 0.6) is 0 Å². The van der Waals surface area contributed by atoms with Crippen molar-refractivity contribution in [2.45, 2.75) is 44.0 Å². The summed E-state index contributed by atoms with van der Waals surface area (Å²) in [7, 11) is 3.19. The first-order valence-electron chi connectivity index (χ1n) is 5.39. The maximum Gasteiger partial charge on any atom is 0.162 e. The molecule has 0 heterocycles. The van der Waals surface area contributed by atoms with Crippen molar-refractivity contribution < 1.29 is 14.6 Å². The highest BCUT2D eigenvalue weighted by Crippen LogP contribution is 2.39. The van der Waals surface area contributed by atoms with Crippen LogP contribution in [-0.2, 0) is 9.47 Å². The van der Waals surface area contributed by atoms with Gasteiger partial charge < -0.3 is 14.6 Å². The van der Waals surface area contributed by atoms with E-state index in [1.165, 1.54) is 0 Å². The predicted octanol–water partition coefficient (Wildman–Crippen LogP) is 1.55. The van der Waals surface area contributed by atoms with Crippen LogP contribution in [0.2, 0.25) is 0 Å². The summed E-state index contributed by atoms with van der Waals surface area (Å²) in [6.45, 7) is 0. The molecule has 1 N–H and O–H groups in total. The van der Waals surface area contributed by atoms with Crippen LogP contribution in [0, 0.1) is 18.3 Å². The molecule has 1 aliphatic rings. The van der Waals surface area contributed by atoms with E-state index in [0.717, 1.165) is 25.7 Å². The lowest BCUT2D eigenvalue weighted by atomic mass is 9.73. The molecule has 0 spiro atoms. The Morgan fingerprint density at radius 3 is 2.67 bits per heavy atom. The third-order valence-corrected chi connectivity index (χ3v) is 3.27. The molecule has 1 fully saturated rings. The van der Waals surface area contributed by atoms with Crippen molar-refractivity contribution in [3.8, 4) is 12.3 Å². The molecule has 86 valence electrons. The van der Waals surface area contributed by atoms with Crippen molar-refractivity contribution in [2.75, 3.05) is 14.2 Å². The van der Waals surface area contributed by atoms with E-state index in [9.17, 15) is 5.11 Å². The van der Waals surface area contributed by atoms with Crippen molar-refractivity contribution in [3.63, 3.8) is 0 Å². The summed E-state index contributed by atoms with van der Waals surface area (Å²) < 4.78 is 10.5. The minimum Gasteiger partial charge on any atom is -0.388 e. The topological polar surface area (TPSA) is 38.7 Å². The van der Waals surface area contributed by atoms with Crippen LogP contribution in [0.3, 0.4) is 0 Å². The fraction of sp³-hybridized carbons (Fsp3) is 0.833. The summed E-state index contributed by atoms with van der Waals surface area (Å²) in [4.78, 5) is 0. The van der Waals surface area contributed by atoms with E-state index >= 15 is 0 Å². The summed E-state index contributed by atoms with van der Waals surface area (Å²) in [5.41, 5.74) is -0.816. The molecule has 0 amide bonds. The van der Waals surface area contributed by atoms with Crippen LogP contribution in [0.25, 0.3) is 0 Å². The third kappa shape index (κ3) is 2.72. The number of terminal acetylenes is 1. The van der Waals surface area contributed by atoms with Gasteiger partial charge in [0.1, 0.15) is 0 Å². The zero-order chi connectivity index (χ0) is 11.3. The van der Waals surface area contributed by atoms with E-state index in [2.05, 4.69) is 5.92 Å². The van der Waals surface area contributed by atoms with Gasteiger partial charge in [0.15, 0.2) is 6.29 Å². The molecule has 0 aromatic carbocycles. The highest BCUT2D eigenvalue weighted by molar-refractivity contribution is 5.01. The normalized spacial score (nSPS) is 31.5. The predicted molar refractivity (Wildman–Crippen MR) is 58.2 cm³/mol. The van der Waals surface area contributed by atoms with Gasteiger partial charge in [0.2, 0.25) is 0 Å². The van der Waals surface area contributed by atoms with Crippen LogP contribution in [0.15, 0.2) is 0 Å². The first kappa shape index (κ1) is 12.5. The lowest BCUT2D eigenvalue weighted by Gasteiger charge is -2.41. The molecule has 0 saturated heterocycles. The highest BCUT2D eigenvalue weighted by Gasteiger charge is 2.43. The van der Waals surface area contributed by atoms with Gasteiger partial charge in [-0.2, -0.15) is 0 Å². The number of rotatable bonds is 4. The van der Waals surface area contributed by atoms with E-state index < -0.39 is 5.60 Å². The van der Waals surface area contributed by atoms with Gasteiger partial charge in [-0.25, -0.2) is 0 Å². The molecule has 3 heteroatoms. The van der Waals surface area contributed by atoms with Crippen LogP contribution in [-0.4, -0.2) is 31.2 Å². The smallest absolute Gasteiger partial charge is 0.162 e. The van der Waals surface area contributed by atoms with Crippen LogP contribution in [0.1, 0.15) is 32.1 Å². The second-order valence-corrected chi connectivity index (χ2v) is 4.18. The van der Waals surface area contributed by atoms with Gasteiger partial charge in [-0.15, -0.1) is 12.3 Å². The molecule has 0 bridgehead atoms. The van der Waals surface area contributed by atoms with Crippen molar-refractivity contribution in [2.24, 2.45) is 5.92 Å². The van der Waals surface area contributed by atoms with Crippen LogP contribution < -0.4 is 0 Å². The Hall–Kier alpha value is -0.560. The SMILES string of the molecule is C#CC[C@@]1(O)CCCC[C@@H]1C(OC)OC. The van der Waals surface area contributed by atoms with Crippen molar-refractivity contribution in [1.82, 2.24) is 0 Å². The third-order valence-electron chi connectivity index (χ3n) is 3.27.